The quantitative estimate of drug-likeness (QED) is 0.531. The number of fused-ring (bicyclic) bond motifs is 1. The molecule has 0 saturated heterocycles. The molecule has 5 heteroatoms. The van der Waals surface area contributed by atoms with E-state index in [1.165, 1.54) is 12.3 Å². The Bertz CT molecular complexity index is 869. The molecular formula is C16H9N3O2. The van der Waals surface area contributed by atoms with Crippen molar-refractivity contribution in [3.05, 3.63) is 66.0 Å². The Kier molecular flexibility index (Phi) is 3.27. The first-order chi connectivity index (χ1) is 10.3. The lowest BCUT2D eigenvalue weighted by Gasteiger charge is -2.04. The normalized spacial score (nSPS) is 10.0. The lowest BCUT2D eigenvalue weighted by atomic mass is 10.2. The van der Waals surface area contributed by atoms with Crippen molar-refractivity contribution in [1.82, 2.24) is 9.97 Å². The number of hydrogen-bond donors (Lipinski definition) is 0. The Morgan fingerprint density at radius 2 is 1.90 bits per heavy atom. The van der Waals surface area contributed by atoms with Gasteiger partial charge in [0.05, 0.1) is 28.9 Å². The summed E-state index contributed by atoms with van der Waals surface area (Å²) in [5.74, 6) is -0.308. The maximum absolute atomic E-state index is 12.0. The SMILES string of the molecule is N#Cc1cccc(OC(=O)c2cnc3ccccc3n2)c1. The highest BCUT2D eigenvalue weighted by atomic mass is 16.5. The topological polar surface area (TPSA) is 75.9 Å². The molecule has 5 nitrogen and oxygen atoms in total. The Balaban J connectivity index is 1.88. The van der Waals surface area contributed by atoms with Crippen LogP contribution in [0.4, 0.5) is 0 Å². The molecule has 2 aromatic carbocycles. The second kappa shape index (κ2) is 5.39. The van der Waals surface area contributed by atoms with E-state index in [0.717, 1.165) is 0 Å². The predicted molar refractivity (Wildman–Crippen MR) is 75.7 cm³/mol. The predicted octanol–water partition coefficient (Wildman–Crippen LogP) is 2.72. The molecule has 0 aliphatic rings. The van der Waals surface area contributed by atoms with Crippen LogP contribution in [0.3, 0.4) is 0 Å². The molecule has 1 heterocycles. The van der Waals surface area contributed by atoms with Crippen molar-refractivity contribution in [2.45, 2.75) is 0 Å². The summed E-state index contributed by atoms with van der Waals surface area (Å²) in [6.45, 7) is 0. The van der Waals surface area contributed by atoms with E-state index in [2.05, 4.69) is 9.97 Å². The molecule has 0 N–H and O–H groups in total. The van der Waals surface area contributed by atoms with E-state index in [9.17, 15) is 4.79 Å². The molecule has 0 radical (unpaired) electrons. The van der Waals surface area contributed by atoms with Gasteiger partial charge in [-0.2, -0.15) is 5.26 Å². The van der Waals surface area contributed by atoms with E-state index in [-0.39, 0.29) is 5.69 Å². The van der Waals surface area contributed by atoms with Crippen LogP contribution >= 0.6 is 0 Å². The summed E-state index contributed by atoms with van der Waals surface area (Å²) >= 11 is 0. The molecule has 100 valence electrons. The zero-order chi connectivity index (χ0) is 14.7. The van der Waals surface area contributed by atoms with Gasteiger partial charge < -0.3 is 4.74 Å². The Labute approximate surface area is 120 Å². The number of nitrogens with zero attached hydrogens (tertiary/aromatic N) is 3. The number of carbonyl (C=O) groups excluding carboxylic acids is 1. The summed E-state index contributed by atoms with van der Waals surface area (Å²) in [6, 6.07) is 15.6. The van der Waals surface area contributed by atoms with E-state index < -0.39 is 5.97 Å². The van der Waals surface area contributed by atoms with Gasteiger partial charge in [0.25, 0.3) is 0 Å². The molecule has 21 heavy (non-hydrogen) atoms. The monoisotopic (exact) mass is 275 g/mol. The van der Waals surface area contributed by atoms with Gasteiger partial charge in [0.15, 0.2) is 5.69 Å². The number of para-hydroxylation sites is 2. The largest absolute Gasteiger partial charge is 0.422 e. The van der Waals surface area contributed by atoms with Gasteiger partial charge in [-0.25, -0.2) is 9.78 Å². The van der Waals surface area contributed by atoms with Crippen molar-refractivity contribution in [3.63, 3.8) is 0 Å². The molecule has 0 aliphatic heterocycles. The molecule has 0 unspecified atom stereocenters. The van der Waals surface area contributed by atoms with E-state index in [0.29, 0.717) is 22.3 Å². The third-order valence-corrected chi connectivity index (χ3v) is 2.83. The smallest absolute Gasteiger partial charge is 0.363 e. The number of benzene rings is 2. The molecule has 3 rings (SSSR count). The molecule has 0 bridgehead atoms. The van der Waals surface area contributed by atoms with Crippen LogP contribution in [-0.2, 0) is 0 Å². The van der Waals surface area contributed by atoms with Crippen LogP contribution in [0.2, 0.25) is 0 Å². The van der Waals surface area contributed by atoms with Gasteiger partial charge in [0, 0.05) is 0 Å². The molecule has 0 saturated carbocycles. The summed E-state index contributed by atoms with van der Waals surface area (Å²) in [6.07, 6.45) is 1.37. The summed E-state index contributed by atoms with van der Waals surface area (Å²) in [5, 5.41) is 8.82. The minimum absolute atomic E-state index is 0.121. The number of nitriles is 1. The van der Waals surface area contributed by atoms with Crippen LogP contribution in [-0.4, -0.2) is 15.9 Å². The molecule has 0 spiro atoms. The molecule has 0 aliphatic carbocycles. The van der Waals surface area contributed by atoms with Gasteiger partial charge in [-0.15, -0.1) is 0 Å². The zero-order valence-corrected chi connectivity index (χ0v) is 10.9. The van der Waals surface area contributed by atoms with E-state index in [4.69, 9.17) is 10.00 Å². The fourth-order valence-electron chi connectivity index (χ4n) is 1.84. The number of carbonyl (C=O) groups is 1. The van der Waals surface area contributed by atoms with Crippen molar-refractivity contribution < 1.29 is 9.53 Å². The van der Waals surface area contributed by atoms with Crippen LogP contribution in [0.25, 0.3) is 11.0 Å². The Morgan fingerprint density at radius 1 is 1.10 bits per heavy atom. The molecule has 1 aromatic heterocycles. The van der Waals surface area contributed by atoms with Crippen LogP contribution in [0, 0.1) is 11.3 Å². The second-order valence-electron chi connectivity index (χ2n) is 4.27. The van der Waals surface area contributed by atoms with Crippen molar-refractivity contribution in [2.24, 2.45) is 0 Å². The lowest BCUT2D eigenvalue weighted by molar-refractivity contribution is 0.0728. The van der Waals surface area contributed by atoms with E-state index in [1.54, 1.807) is 24.3 Å². The lowest BCUT2D eigenvalue weighted by Crippen LogP contribution is -2.11. The number of rotatable bonds is 2. The van der Waals surface area contributed by atoms with Gasteiger partial charge >= 0.3 is 5.97 Å². The van der Waals surface area contributed by atoms with Crippen molar-refractivity contribution in [3.8, 4) is 11.8 Å². The molecule has 0 amide bonds. The minimum Gasteiger partial charge on any atom is -0.422 e. The summed E-state index contributed by atoms with van der Waals surface area (Å²) in [4.78, 5) is 20.4. The summed E-state index contributed by atoms with van der Waals surface area (Å²) in [7, 11) is 0. The fraction of sp³-hybridized carbons (Fsp3) is 0. The first kappa shape index (κ1) is 12.8. The van der Waals surface area contributed by atoms with Gasteiger partial charge in [0.1, 0.15) is 5.75 Å². The summed E-state index contributed by atoms with van der Waals surface area (Å²) < 4.78 is 5.20. The van der Waals surface area contributed by atoms with Crippen LogP contribution in [0.5, 0.6) is 5.75 Å². The van der Waals surface area contributed by atoms with E-state index >= 15 is 0 Å². The molecule has 0 fully saturated rings. The highest BCUT2D eigenvalue weighted by Crippen LogP contribution is 2.15. The maximum Gasteiger partial charge on any atom is 0.363 e. The van der Waals surface area contributed by atoms with Crippen LogP contribution in [0.15, 0.2) is 54.7 Å². The second-order valence-corrected chi connectivity index (χ2v) is 4.27. The average Bonchev–Trinajstić information content (AvgIpc) is 2.54. The maximum atomic E-state index is 12.0. The van der Waals surface area contributed by atoms with Crippen molar-refractivity contribution >= 4 is 17.0 Å². The number of esters is 1. The first-order valence-electron chi connectivity index (χ1n) is 6.20. The fourth-order valence-corrected chi connectivity index (χ4v) is 1.84. The third kappa shape index (κ3) is 2.69. The standard InChI is InChI=1S/C16H9N3O2/c17-9-11-4-3-5-12(8-11)21-16(20)15-10-18-13-6-1-2-7-14(13)19-15/h1-8,10H. The average molecular weight is 275 g/mol. The third-order valence-electron chi connectivity index (χ3n) is 2.83. The zero-order valence-electron chi connectivity index (χ0n) is 10.9. The van der Waals surface area contributed by atoms with Gasteiger partial charge in [0.2, 0.25) is 0 Å². The molecule has 3 aromatic rings. The summed E-state index contributed by atoms with van der Waals surface area (Å²) in [5.41, 5.74) is 1.87. The van der Waals surface area contributed by atoms with Crippen LogP contribution in [0.1, 0.15) is 16.1 Å². The van der Waals surface area contributed by atoms with Crippen molar-refractivity contribution in [1.29, 1.82) is 5.26 Å². The van der Waals surface area contributed by atoms with Crippen molar-refractivity contribution in [2.75, 3.05) is 0 Å². The number of ether oxygens (including phenoxy) is 1. The van der Waals surface area contributed by atoms with Gasteiger partial charge in [-0.1, -0.05) is 18.2 Å². The van der Waals surface area contributed by atoms with Crippen LogP contribution < -0.4 is 4.74 Å². The molecular weight excluding hydrogens is 266 g/mol. The first-order valence-corrected chi connectivity index (χ1v) is 6.20. The highest BCUT2D eigenvalue weighted by Gasteiger charge is 2.12. The van der Waals surface area contributed by atoms with Gasteiger partial charge in [-0.05, 0) is 30.3 Å². The molecule has 0 atom stereocenters. The Morgan fingerprint density at radius 3 is 2.71 bits per heavy atom. The highest BCUT2D eigenvalue weighted by molar-refractivity contribution is 5.90. The van der Waals surface area contributed by atoms with Gasteiger partial charge in [-0.3, -0.25) is 4.98 Å². The van der Waals surface area contributed by atoms with E-state index in [1.807, 2.05) is 24.3 Å². The number of hydrogen-bond acceptors (Lipinski definition) is 5. The Hall–Kier alpha value is -3.26. The number of aromatic nitrogens is 2. The minimum atomic E-state index is -0.608.